The maximum atomic E-state index is 13.6. The van der Waals surface area contributed by atoms with Crippen molar-refractivity contribution >= 4 is 48.3 Å². The number of sulfonamides is 1. The number of benzene rings is 3. The fourth-order valence-corrected chi connectivity index (χ4v) is 6.04. The molecule has 0 fully saturated rings. The number of para-hydroxylation sites is 1. The monoisotopic (exact) mass is 538 g/mol. The molecule has 8 nitrogen and oxygen atoms in total. The van der Waals surface area contributed by atoms with Crippen LogP contribution in [0.2, 0.25) is 0 Å². The van der Waals surface area contributed by atoms with E-state index in [1.807, 2.05) is 38.4 Å². The number of amides is 1. The molecule has 1 amide bonds. The van der Waals surface area contributed by atoms with E-state index in [1.54, 1.807) is 48.4 Å². The molecule has 0 saturated carbocycles. The molecule has 0 bridgehead atoms. The van der Waals surface area contributed by atoms with Crippen LogP contribution in [0, 0.1) is 0 Å². The Balaban J connectivity index is 1.62. The number of nitrogens with zero attached hydrogens (tertiary/aromatic N) is 4. The molecule has 4 rings (SSSR count). The van der Waals surface area contributed by atoms with E-state index in [0.717, 1.165) is 28.9 Å². The minimum Gasteiger partial charge on any atom is -0.497 e. The van der Waals surface area contributed by atoms with E-state index in [-0.39, 0.29) is 10.8 Å². The highest BCUT2D eigenvalue weighted by molar-refractivity contribution is 7.92. The molecule has 3 aromatic carbocycles. The zero-order chi connectivity index (χ0) is 26.6. The first-order valence-corrected chi connectivity index (χ1v) is 14.0. The molecular formula is C27H30N4O4S2. The van der Waals surface area contributed by atoms with Crippen LogP contribution in [0.25, 0.3) is 10.2 Å². The topological polar surface area (TPSA) is 83.0 Å². The number of methoxy groups -OCH3 is 1. The van der Waals surface area contributed by atoms with Gasteiger partial charge in [0.2, 0.25) is 0 Å². The molecule has 0 N–H and O–H groups in total. The van der Waals surface area contributed by atoms with Gasteiger partial charge in [-0.3, -0.25) is 14.0 Å². The molecule has 0 atom stereocenters. The van der Waals surface area contributed by atoms with Gasteiger partial charge < -0.3 is 9.64 Å². The lowest BCUT2D eigenvalue weighted by Crippen LogP contribution is -2.33. The molecule has 0 aliphatic heterocycles. The largest absolute Gasteiger partial charge is 0.497 e. The lowest BCUT2D eigenvalue weighted by molar-refractivity contribution is 0.0986. The van der Waals surface area contributed by atoms with Gasteiger partial charge in [-0.1, -0.05) is 29.5 Å². The minimum absolute atomic E-state index is 0.113. The van der Waals surface area contributed by atoms with Gasteiger partial charge in [-0.05, 0) is 81.7 Å². The summed E-state index contributed by atoms with van der Waals surface area (Å²) in [5.41, 5.74) is 1.74. The van der Waals surface area contributed by atoms with Crippen LogP contribution in [-0.4, -0.2) is 65.6 Å². The number of anilines is 2. The zero-order valence-electron chi connectivity index (χ0n) is 21.3. The maximum absolute atomic E-state index is 13.6. The Bertz CT molecular complexity index is 1470. The Morgan fingerprint density at radius 3 is 2.30 bits per heavy atom. The fourth-order valence-electron chi connectivity index (χ4n) is 3.82. The number of rotatable bonds is 10. The van der Waals surface area contributed by atoms with E-state index in [2.05, 4.69) is 4.90 Å². The van der Waals surface area contributed by atoms with Crippen LogP contribution in [0.1, 0.15) is 16.8 Å². The predicted molar refractivity (Wildman–Crippen MR) is 149 cm³/mol. The van der Waals surface area contributed by atoms with E-state index < -0.39 is 10.0 Å². The van der Waals surface area contributed by atoms with Crippen molar-refractivity contribution in [3.05, 3.63) is 78.4 Å². The van der Waals surface area contributed by atoms with E-state index in [0.29, 0.717) is 22.9 Å². The van der Waals surface area contributed by atoms with Crippen LogP contribution in [-0.2, 0) is 10.0 Å². The maximum Gasteiger partial charge on any atom is 0.264 e. The van der Waals surface area contributed by atoms with Crippen molar-refractivity contribution in [3.63, 3.8) is 0 Å². The summed E-state index contributed by atoms with van der Waals surface area (Å²) in [4.78, 5) is 22.2. The quantitative estimate of drug-likeness (QED) is 0.290. The predicted octanol–water partition coefficient (Wildman–Crippen LogP) is 4.73. The number of hydrogen-bond acceptors (Lipinski definition) is 7. The molecule has 10 heteroatoms. The van der Waals surface area contributed by atoms with Gasteiger partial charge in [-0.2, -0.15) is 0 Å². The SMILES string of the molecule is COc1ccc2nc(N(CCCN(C)C)C(=O)c3ccc(S(=O)(=O)N(C)c4ccccc4)cc3)sc2c1. The van der Waals surface area contributed by atoms with Gasteiger partial charge in [0.15, 0.2) is 5.13 Å². The third kappa shape index (κ3) is 5.93. The number of ether oxygens (including phenoxy) is 1. The Morgan fingerprint density at radius 1 is 0.946 bits per heavy atom. The molecule has 0 unspecified atom stereocenters. The van der Waals surface area contributed by atoms with E-state index in [9.17, 15) is 13.2 Å². The summed E-state index contributed by atoms with van der Waals surface area (Å²) in [5, 5.41) is 0.590. The number of hydrogen-bond donors (Lipinski definition) is 0. The van der Waals surface area contributed by atoms with Gasteiger partial charge in [0.25, 0.3) is 15.9 Å². The average Bonchev–Trinajstić information content (AvgIpc) is 3.33. The highest BCUT2D eigenvalue weighted by Gasteiger charge is 2.24. The molecule has 1 aromatic heterocycles. The Labute approximate surface area is 221 Å². The van der Waals surface area contributed by atoms with Crippen molar-refractivity contribution in [2.24, 2.45) is 0 Å². The second-order valence-electron chi connectivity index (χ2n) is 8.78. The molecule has 0 saturated heterocycles. The summed E-state index contributed by atoms with van der Waals surface area (Å²) in [5.74, 6) is 0.496. The molecule has 4 aromatic rings. The van der Waals surface area contributed by atoms with E-state index in [1.165, 1.54) is 34.8 Å². The van der Waals surface area contributed by atoms with Crippen LogP contribution in [0.3, 0.4) is 0 Å². The average molecular weight is 539 g/mol. The van der Waals surface area contributed by atoms with Crippen LogP contribution in [0.15, 0.2) is 77.7 Å². The fraction of sp³-hybridized carbons (Fsp3) is 0.259. The first kappa shape index (κ1) is 26.6. The molecule has 0 radical (unpaired) electrons. The van der Waals surface area contributed by atoms with Gasteiger partial charge in [0.1, 0.15) is 5.75 Å². The van der Waals surface area contributed by atoms with Crippen molar-refractivity contribution in [3.8, 4) is 5.75 Å². The Morgan fingerprint density at radius 2 is 1.65 bits per heavy atom. The van der Waals surface area contributed by atoms with E-state index in [4.69, 9.17) is 9.72 Å². The molecule has 1 heterocycles. The minimum atomic E-state index is -3.77. The summed E-state index contributed by atoms with van der Waals surface area (Å²) >= 11 is 1.42. The number of aromatic nitrogens is 1. The number of thiazole rings is 1. The molecule has 194 valence electrons. The van der Waals surface area contributed by atoms with Crippen LogP contribution >= 0.6 is 11.3 Å². The first-order chi connectivity index (χ1) is 17.7. The second-order valence-corrected chi connectivity index (χ2v) is 11.8. The van der Waals surface area contributed by atoms with Crippen molar-refractivity contribution in [2.45, 2.75) is 11.3 Å². The van der Waals surface area contributed by atoms with Gasteiger partial charge in [-0.15, -0.1) is 0 Å². The summed E-state index contributed by atoms with van der Waals surface area (Å²) < 4.78 is 33.7. The first-order valence-electron chi connectivity index (χ1n) is 11.8. The van der Waals surface area contributed by atoms with Crippen molar-refractivity contribution in [2.75, 3.05) is 50.5 Å². The lowest BCUT2D eigenvalue weighted by atomic mass is 10.2. The highest BCUT2D eigenvalue weighted by Crippen LogP contribution is 2.32. The van der Waals surface area contributed by atoms with Crippen molar-refractivity contribution < 1.29 is 17.9 Å². The van der Waals surface area contributed by atoms with Crippen LogP contribution < -0.4 is 13.9 Å². The molecular weight excluding hydrogens is 508 g/mol. The van der Waals surface area contributed by atoms with Gasteiger partial charge in [0, 0.05) is 19.2 Å². The van der Waals surface area contributed by atoms with Gasteiger partial charge >= 0.3 is 0 Å². The summed E-state index contributed by atoms with van der Waals surface area (Å²) in [7, 11) is 3.33. The molecule has 37 heavy (non-hydrogen) atoms. The normalized spacial score (nSPS) is 11.6. The summed E-state index contributed by atoms with van der Waals surface area (Å²) in [6, 6.07) is 20.5. The number of carbonyl (C=O) groups excluding carboxylic acids is 1. The van der Waals surface area contributed by atoms with Crippen LogP contribution in [0.5, 0.6) is 5.75 Å². The highest BCUT2D eigenvalue weighted by atomic mass is 32.2. The third-order valence-electron chi connectivity index (χ3n) is 5.93. The summed E-state index contributed by atoms with van der Waals surface area (Å²) in [6.45, 7) is 1.29. The second kappa shape index (κ2) is 11.3. The smallest absolute Gasteiger partial charge is 0.264 e. The van der Waals surface area contributed by atoms with E-state index >= 15 is 0 Å². The third-order valence-corrected chi connectivity index (χ3v) is 8.77. The lowest BCUT2D eigenvalue weighted by Gasteiger charge is -2.22. The standard InChI is InChI=1S/C27H30N4O4S2/c1-29(2)17-8-18-31(27-28-24-16-13-22(35-4)19-25(24)36-27)26(32)20-11-14-23(15-12-20)37(33,34)30(3)21-9-6-5-7-10-21/h5-7,9-16,19H,8,17-18H2,1-4H3. The summed E-state index contributed by atoms with van der Waals surface area (Å²) in [6.07, 6.45) is 0.756. The Hall–Kier alpha value is -3.47. The molecule has 0 aliphatic carbocycles. The zero-order valence-corrected chi connectivity index (χ0v) is 22.9. The van der Waals surface area contributed by atoms with Crippen LogP contribution in [0.4, 0.5) is 10.8 Å². The molecule has 0 spiro atoms. The Kier molecular flexibility index (Phi) is 8.11. The van der Waals surface area contributed by atoms with Crippen molar-refractivity contribution in [1.82, 2.24) is 9.88 Å². The van der Waals surface area contributed by atoms with Crippen molar-refractivity contribution in [1.29, 1.82) is 0 Å². The molecule has 0 aliphatic rings. The number of fused-ring (bicyclic) bond motifs is 1. The van der Waals surface area contributed by atoms with Gasteiger partial charge in [0.05, 0.1) is 27.9 Å². The number of carbonyl (C=O) groups is 1. The van der Waals surface area contributed by atoms with Gasteiger partial charge in [-0.25, -0.2) is 13.4 Å².